The molecule has 0 unspecified atom stereocenters. The fourth-order valence-electron chi connectivity index (χ4n) is 4.75. The summed E-state index contributed by atoms with van der Waals surface area (Å²) in [6.07, 6.45) is 7.03. The molecule has 5 rings (SSSR count). The first-order chi connectivity index (χ1) is 15.5. The van der Waals surface area contributed by atoms with Crippen molar-refractivity contribution in [2.45, 2.75) is 31.6 Å². The number of nitrogens with zero attached hydrogens (tertiary/aromatic N) is 4. The van der Waals surface area contributed by atoms with Crippen LogP contribution >= 0.6 is 7.60 Å². The molecule has 0 amide bonds. The smallest absolute Gasteiger partial charge is 0.324 e. The maximum atomic E-state index is 11.3. The summed E-state index contributed by atoms with van der Waals surface area (Å²) in [5, 5.41) is 0. The number of rotatable bonds is 5. The third-order valence-electron chi connectivity index (χ3n) is 6.37. The molecule has 1 fully saturated rings. The summed E-state index contributed by atoms with van der Waals surface area (Å²) in [6.45, 7) is 0. The van der Waals surface area contributed by atoms with Gasteiger partial charge in [0.1, 0.15) is 23.9 Å². The summed E-state index contributed by atoms with van der Waals surface area (Å²) in [7, 11) is -3.92. The molecule has 0 atom stereocenters. The van der Waals surface area contributed by atoms with Crippen LogP contribution in [0.1, 0.15) is 37.2 Å². The Morgan fingerprint density at radius 3 is 2.31 bits per heavy atom. The van der Waals surface area contributed by atoms with Crippen molar-refractivity contribution in [3.8, 4) is 16.9 Å². The van der Waals surface area contributed by atoms with E-state index in [0.717, 1.165) is 53.8 Å². The van der Waals surface area contributed by atoms with E-state index in [0.29, 0.717) is 5.92 Å². The molecule has 1 aliphatic rings. The van der Waals surface area contributed by atoms with E-state index >= 15 is 0 Å². The molecule has 0 saturated heterocycles. The van der Waals surface area contributed by atoms with Gasteiger partial charge in [0.05, 0.1) is 6.16 Å². The van der Waals surface area contributed by atoms with Crippen LogP contribution in [0.4, 0.5) is 0 Å². The van der Waals surface area contributed by atoms with Crippen molar-refractivity contribution in [2.24, 2.45) is 5.92 Å². The number of aromatic nitrogens is 4. The van der Waals surface area contributed by atoms with E-state index in [1.165, 1.54) is 5.56 Å². The molecule has 0 spiro atoms. The summed E-state index contributed by atoms with van der Waals surface area (Å²) in [4.78, 5) is 32.0. The standard InChI is InChI=1S/C24H25N4O3P/c29-32(30,31)14-17-6-8-18(9-7-17)19-10-12-21(13-11-19)28-16-27-23-22(25-15-26-24(23)28)20-4-2-1-3-5-20/h1-5,10-13,15-18H,6-9,14H2,(H2,29,30,31). The molecule has 2 aromatic heterocycles. The van der Waals surface area contributed by atoms with E-state index in [1.807, 2.05) is 34.9 Å². The Labute approximate surface area is 186 Å². The molecule has 2 N–H and O–H groups in total. The zero-order chi connectivity index (χ0) is 22.1. The van der Waals surface area contributed by atoms with Gasteiger partial charge in [0.2, 0.25) is 0 Å². The lowest BCUT2D eigenvalue weighted by Crippen LogP contribution is -2.16. The Bertz CT molecular complexity index is 1260. The largest absolute Gasteiger partial charge is 0.325 e. The summed E-state index contributed by atoms with van der Waals surface area (Å²) >= 11 is 0. The zero-order valence-corrected chi connectivity index (χ0v) is 18.5. The lowest BCUT2D eigenvalue weighted by molar-refractivity contribution is 0.316. The molecule has 2 heterocycles. The van der Waals surface area contributed by atoms with Gasteiger partial charge in [-0.2, -0.15) is 0 Å². The second kappa shape index (κ2) is 8.58. The van der Waals surface area contributed by atoms with Crippen LogP contribution in [0.3, 0.4) is 0 Å². The topological polar surface area (TPSA) is 101 Å². The van der Waals surface area contributed by atoms with Crippen molar-refractivity contribution in [1.82, 2.24) is 19.5 Å². The van der Waals surface area contributed by atoms with Crippen LogP contribution < -0.4 is 0 Å². The Morgan fingerprint density at radius 1 is 0.906 bits per heavy atom. The number of imidazole rings is 1. The molecule has 0 bridgehead atoms. The first-order valence-electron chi connectivity index (χ1n) is 10.9. The highest BCUT2D eigenvalue weighted by Crippen LogP contribution is 2.44. The molecule has 0 aliphatic heterocycles. The predicted molar refractivity (Wildman–Crippen MR) is 124 cm³/mol. The molecule has 32 heavy (non-hydrogen) atoms. The fraction of sp³-hybridized carbons (Fsp3) is 0.292. The summed E-state index contributed by atoms with van der Waals surface area (Å²) in [5.74, 6) is 0.561. The van der Waals surface area contributed by atoms with Gasteiger partial charge in [-0.1, -0.05) is 42.5 Å². The Hall–Kier alpha value is -2.86. The van der Waals surface area contributed by atoms with E-state index in [1.54, 1.807) is 12.7 Å². The highest BCUT2D eigenvalue weighted by atomic mass is 31.2. The Balaban J connectivity index is 1.36. The van der Waals surface area contributed by atoms with Crippen molar-refractivity contribution < 1.29 is 14.4 Å². The molecular weight excluding hydrogens is 423 g/mol. The maximum absolute atomic E-state index is 11.3. The van der Waals surface area contributed by atoms with E-state index in [-0.39, 0.29) is 12.1 Å². The molecule has 0 radical (unpaired) electrons. The van der Waals surface area contributed by atoms with Crippen LogP contribution in [0.15, 0.2) is 67.3 Å². The van der Waals surface area contributed by atoms with Crippen LogP contribution in [-0.2, 0) is 4.57 Å². The quantitative estimate of drug-likeness (QED) is 0.420. The first-order valence-corrected chi connectivity index (χ1v) is 12.7. The van der Waals surface area contributed by atoms with Gasteiger partial charge in [-0.15, -0.1) is 0 Å². The Morgan fingerprint density at radius 2 is 1.62 bits per heavy atom. The van der Waals surface area contributed by atoms with Gasteiger partial charge in [-0.3, -0.25) is 9.13 Å². The number of fused-ring (bicyclic) bond motifs is 1. The molecular formula is C24H25N4O3P. The zero-order valence-electron chi connectivity index (χ0n) is 17.6. The normalized spacial score (nSPS) is 19.3. The number of hydrogen-bond acceptors (Lipinski definition) is 4. The molecule has 1 aliphatic carbocycles. The van der Waals surface area contributed by atoms with Crippen LogP contribution in [0.5, 0.6) is 0 Å². The lowest BCUT2D eigenvalue weighted by Gasteiger charge is -2.29. The van der Waals surface area contributed by atoms with Crippen molar-refractivity contribution in [1.29, 1.82) is 0 Å². The molecule has 1 saturated carbocycles. The maximum Gasteiger partial charge on any atom is 0.325 e. The summed E-state index contributed by atoms with van der Waals surface area (Å²) in [5.41, 5.74) is 5.63. The monoisotopic (exact) mass is 448 g/mol. The second-order valence-electron chi connectivity index (χ2n) is 8.53. The highest BCUT2D eigenvalue weighted by molar-refractivity contribution is 7.51. The first kappa shape index (κ1) is 21.0. The van der Waals surface area contributed by atoms with Crippen molar-refractivity contribution >= 4 is 18.8 Å². The van der Waals surface area contributed by atoms with Gasteiger partial charge in [0.15, 0.2) is 5.65 Å². The van der Waals surface area contributed by atoms with Gasteiger partial charge in [0, 0.05) is 11.3 Å². The average molecular weight is 448 g/mol. The molecule has 2 aromatic carbocycles. The third kappa shape index (κ3) is 4.37. The third-order valence-corrected chi connectivity index (χ3v) is 7.36. The van der Waals surface area contributed by atoms with Crippen LogP contribution in [0.25, 0.3) is 28.1 Å². The SMILES string of the molecule is O=P(O)(O)CC1CCC(c2ccc(-n3cnc4c(-c5ccccc5)ncnc43)cc2)CC1. The van der Waals surface area contributed by atoms with Crippen molar-refractivity contribution in [2.75, 3.05) is 6.16 Å². The number of hydrogen-bond donors (Lipinski definition) is 2. The minimum Gasteiger partial charge on any atom is -0.324 e. The van der Waals surface area contributed by atoms with Crippen LogP contribution in [0, 0.1) is 5.92 Å². The van der Waals surface area contributed by atoms with E-state index < -0.39 is 7.60 Å². The van der Waals surface area contributed by atoms with Crippen molar-refractivity contribution in [3.63, 3.8) is 0 Å². The van der Waals surface area contributed by atoms with Crippen LogP contribution in [0.2, 0.25) is 0 Å². The van der Waals surface area contributed by atoms with Gasteiger partial charge in [-0.05, 0) is 55.2 Å². The fourth-order valence-corrected chi connectivity index (χ4v) is 5.79. The van der Waals surface area contributed by atoms with Gasteiger partial charge in [0.25, 0.3) is 0 Å². The van der Waals surface area contributed by atoms with E-state index in [4.69, 9.17) is 0 Å². The minimum atomic E-state index is -3.92. The van der Waals surface area contributed by atoms with Gasteiger partial charge in [-0.25, -0.2) is 15.0 Å². The second-order valence-corrected chi connectivity index (χ2v) is 10.2. The lowest BCUT2D eigenvalue weighted by atomic mass is 9.79. The molecule has 164 valence electrons. The summed E-state index contributed by atoms with van der Waals surface area (Å²) < 4.78 is 13.3. The van der Waals surface area contributed by atoms with Gasteiger partial charge < -0.3 is 9.79 Å². The minimum absolute atomic E-state index is 0.0131. The molecule has 4 aromatic rings. The highest BCUT2D eigenvalue weighted by Gasteiger charge is 2.27. The molecule has 8 heteroatoms. The van der Waals surface area contributed by atoms with Gasteiger partial charge >= 0.3 is 7.60 Å². The predicted octanol–water partition coefficient (Wildman–Crippen LogP) is 4.93. The van der Waals surface area contributed by atoms with E-state index in [2.05, 4.69) is 39.2 Å². The van der Waals surface area contributed by atoms with Crippen molar-refractivity contribution in [3.05, 3.63) is 72.8 Å². The average Bonchev–Trinajstić information content (AvgIpc) is 3.24. The summed E-state index contributed by atoms with van der Waals surface area (Å²) in [6, 6.07) is 18.5. The van der Waals surface area contributed by atoms with E-state index in [9.17, 15) is 14.4 Å². The number of benzene rings is 2. The molecule has 7 nitrogen and oxygen atoms in total. The van der Waals surface area contributed by atoms with Crippen LogP contribution in [-0.4, -0.2) is 35.5 Å². The Kier molecular flexibility index (Phi) is 5.64.